The van der Waals surface area contributed by atoms with Gasteiger partial charge in [0.25, 0.3) is 0 Å². The van der Waals surface area contributed by atoms with Crippen molar-refractivity contribution in [2.24, 2.45) is 5.41 Å². The second-order valence-corrected chi connectivity index (χ2v) is 6.66. The summed E-state index contributed by atoms with van der Waals surface area (Å²) < 4.78 is 2.87. The first kappa shape index (κ1) is 16.2. The lowest BCUT2D eigenvalue weighted by molar-refractivity contribution is -0.128. The summed E-state index contributed by atoms with van der Waals surface area (Å²) in [6, 6.07) is 0.304. The van der Waals surface area contributed by atoms with Gasteiger partial charge in [0.05, 0.1) is 17.2 Å². The maximum absolute atomic E-state index is 11.6. The first-order valence-corrected chi connectivity index (χ1v) is 7.28. The van der Waals surface area contributed by atoms with E-state index in [4.69, 9.17) is 0 Å². The van der Waals surface area contributed by atoms with Crippen LogP contribution in [0.1, 0.15) is 27.7 Å². The molecule has 108 valence electrons. The minimum absolute atomic E-state index is 0.0814. The predicted molar refractivity (Wildman–Crippen MR) is 79.9 cm³/mol. The Balaban J connectivity index is 2.17. The van der Waals surface area contributed by atoms with Crippen molar-refractivity contribution in [2.45, 2.75) is 40.3 Å². The fourth-order valence-electron chi connectivity index (χ4n) is 1.54. The van der Waals surface area contributed by atoms with Crippen LogP contribution in [-0.2, 0) is 11.3 Å². The van der Waals surface area contributed by atoms with Crippen molar-refractivity contribution in [3.05, 3.63) is 16.9 Å². The van der Waals surface area contributed by atoms with Crippen LogP contribution in [0.15, 0.2) is 16.9 Å². The van der Waals surface area contributed by atoms with E-state index in [0.717, 1.165) is 17.6 Å². The van der Waals surface area contributed by atoms with Gasteiger partial charge >= 0.3 is 0 Å². The summed E-state index contributed by atoms with van der Waals surface area (Å²) in [5, 5.41) is 10.5. The molecule has 1 atom stereocenters. The summed E-state index contributed by atoms with van der Waals surface area (Å²) in [7, 11) is 0. The molecule has 19 heavy (non-hydrogen) atoms. The van der Waals surface area contributed by atoms with E-state index in [1.54, 1.807) is 6.20 Å². The molecule has 0 saturated carbocycles. The van der Waals surface area contributed by atoms with Gasteiger partial charge in [-0.2, -0.15) is 5.10 Å². The maximum atomic E-state index is 11.6. The summed E-state index contributed by atoms with van der Waals surface area (Å²) in [6.07, 6.45) is 3.72. The van der Waals surface area contributed by atoms with Crippen molar-refractivity contribution < 1.29 is 4.79 Å². The molecule has 0 fully saturated rings. The number of carbonyl (C=O) groups is 1. The lowest BCUT2D eigenvalue weighted by Crippen LogP contribution is -2.41. The highest BCUT2D eigenvalue weighted by molar-refractivity contribution is 9.10. The molecule has 0 aliphatic rings. The van der Waals surface area contributed by atoms with Crippen molar-refractivity contribution in [3.8, 4) is 0 Å². The van der Waals surface area contributed by atoms with Crippen LogP contribution in [0.2, 0.25) is 0 Å². The van der Waals surface area contributed by atoms with E-state index in [1.165, 1.54) is 0 Å². The van der Waals surface area contributed by atoms with Gasteiger partial charge in [-0.15, -0.1) is 0 Å². The molecule has 0 unspecified atom stereocenters. The van der Waals surface area contributed by atoms with Crippen LogP contribution >= 0.6 is 15.9 Å². The molecule has 0 saturated heterocycles. The molecule has 0 aliphatic carbocycles. The van der Waals surface area contributed by atoms with Crippen LogP contribution in [-0.4, -0.2) is 34.8 Å². The standard InChI is InChI=1S/C13H23BrN4O/c1-10(8-18-9-11(14)7-17-18)15-5-6-16-12(19)13(2,3)4/h7,9-10,15H,5-6,8H2,1-4H3,(H,16,19)/t10-/m0/s1. The fourth-order valence-corrected chi connectivity index (χ4v) is 1.87. The van der Waals surface area contributed by atoms with Crippen molar-refractivity contribution in [1.82, 2.24) is 20.4 Å². The monoisotopic (exact) mass is 330 g/mol. The Labute approximate surface area is 123 Å². The van der Waals surface area contributed by atoms with Crippen molar-refractivity contribution >= 4 is 21.8 Å². The van der Waals surface area contributed by atoms with Gasteiger partial charge in [0.1, 0.15) is 0 Å². The zero-order chi connectivity index (χ0) is 14.5. The maximum Gasteiger partial charge on any atom is 0.225 e. The van der Waals surface area contributed by atoms with Gasteiger partial charge in [0.15, 0.2) is 0 Å². The number of halogens is 1. The van der Waals surface area contributed by atoms with Gasteiger partial charge in [-0.3, -0.25) is 9.48 Å². The highest BCUT2D eigenvalue weighted by atomic mass is 79.9. The number of nitrogens with one attached hydrogen (secondary N) is 2. The van der Waals surface area contributed by atoms with Gasteiger partial charge < -0.3 is 10.6 Å². The Kier molecular flexibility index (Phi) is 6.00. The molecule has 0 aliphatic heterocycles. The quantitative estimate of drug-likeness (QED) is 0.782. The Bertz CT molecular complexity index is 411. The van der Waals surface area contributed by atoms with E-state index in [-0.39, 0.29) is 11.3 Å². The average Bonchev–Trinajstić information content (AvgIpc) is 2.68. The molecule has 0 aromatic carbocycles. The fraction of sp³-hybridized carbons (Fsp3) is 0.692. The van der Waals surface area contributed by atoms with Crippen molar-refractivity contribution in [2.75, 3.05) is 13.1 Å². The van der Waals surface area contributed by atoms with E-state index in [2.05, 4.69) is 38.6 Å². The first-order valence-electron chi connectivity index (χ1n) is 6.48. The molecule has 0 radical (unpaired) electrons. The molecule has 1 aromatic rings. The third-order valence-corrected chi connectivity index (χ3v) is 3.06. The molecular formula is C13H23BrN4O. The Hall–Kier alpha value is -0.880. The van der Waals surface area contributed by atoms with E-state index in [9.17, 15) is 4.79 Å². The molecule has 1 rings (SSSR count). The smallest absolute Gasteiger partial charge is 0.225 e. The van der Waals surface area contributed by atoms with E-state index < -0.39 is 0 Å². The van der Waals surface area contributed by atoms with E-state index in [0.29, 0.717) is 12.6 Å². The average molecular weight is 331 g/mol. The molecular weight excluding hydrogens is 308 g/mol. The second kappa shape index (κ2) is 7.05. The number of aromatic nitrogens is 2. The number of amides is 1. The lowest BCUT2D eigenvalue weighted by Gasteiger charge is -2.19. The number of nitrogens with zero attached hydrogens (tertiary/aromatic N) is 2. The molecule has 0 bridgehead atoms. The Morgan fingerprint density at radius 1 is 1.47 bits per heavy atom. The summed E-state index contributed by atoms with van der Waals surface area (Å²) >= 11 is 3.37. The lowest BCUT2D eigenvalue weighted by atomic mass is 9.96. The molecule has 5 nitrogen and oxygen atoms in total. The number of rotatable bonds is 6. The zero-order valence-electron chi connectivity index (χ0n) is 12.0. The van der Waals surface area contributed by atoms with Gasteiger partial charge in [-0.1, -0.05) is 20.8 Å². The van der Waals surface area contributed by atoms with Crippen LogP contribution in [0.3, 0.4) is 0 Å². The number of carbonyl (C=O) groups excluding carboxylic acids is 1. The summed E-state index contributed by atoms with van der Waals surface area (Å²) in [5.41, 5.74) is -0.326. The second-order valence-electron chi connectivity index (χ2n) is 5.74. The Morgan fingerprint density at radius 2 is 2.16 bits per heavy atom. The zero-order valence-corrected chi connectivity index (χ0v) is 13.6. The molecule has 0 spiro atoms. The van der Waals surface area contributed by atoms with E-state index >= 15 is 0 Å². The number of hydrogen-bond donors (Lipinski definition) is 2. The first-order chi connectivity index (χ1) is 8.79. The van der Waals surface area contributed by atoms with Gasteiger partial charge in [0.2, 0.25) is 5.91 Å². The summed E-state index contributed by atoms with van der Waals surface area (Å²) in [5.74, 6) is 0.0814. The summed E-state index contributed by atoms with van der Waals surface area (Å²) in [6.45, 7) is 10.0. The third kappa shape index (κ3) is 6.20. The van der Waals surface area contributed by atoms with Gasteiger partial charge in [-0.25, -0.2) is 0 Å². The van der Waals surface area contributed by atoms with Gasteiger partial charge in [0, 0.05) is 30.7 Å². The SMILES string of the molecule is C[C@@H](Cn1cc(Br)cn1)NCCNC(=O)C(C)(C)C. The van der Waals surface area contributed by atoms with Crippen molar-refractivity contribution in [3.63, 3.8) is 0 Å². The van der Waals surface area contributed by atoms with Crippen LogP contribution in [0.4, 0.5) is 0 Å². The van der Waals surface area contributed by atoms with Gasteiger partial charge in [-0.05, 0) is 22.9 Å². The minimum Gasteiger partial charge on any atom is -0.354 e. The molecule has 2 N–H and O–H groups in total. The highest BCUT2D eigenvalue weighted by Crippen LogP contribution is 2.11. The normalized spacial score (nSPS) is 13.3. The highest BCUT2D eigenvalue weighted by Gasteiger charge is 2.20. The van der Waals surface area contributed by atoms with Crippen LogP contribution in [0.25, 0.3) is 0 Å². The largest absolute Gasteiger partial charge is 0.354 e. The third-order valence-electron chi connectivity index (χ3n) is 2.65. The number of hydrogen-bond acceptors (Lipinski definition) is 3. The van der Waals surface area contributed by atoms with Crippen LogP contribution in [0, 0.1) is 5.41 Å². The van der Waals surface area contributed by atoms with E-state index in [1.807, 2.05) is 31.6 Å². The predicted octanol–water partition coefficient (Wildman–Crippen LogP) is 1.79. The van der Waals surface area contributed by atoms with Crippen molar-refractivity contribution in [1.29, 1.82) is 0 Å². The topological polar surface area (TPSA) is 59.0 Å². The molecule has 6 heteroatoms. The molecule has 1 heterocycles. The Morgan fingerprint density at radius 3 is 2.68 bits per heavy atom. The molecule has 1 aromatic heterocycles. The molecule has 1 amide bonds. The minimum atomic E-state index is -0.326. The van der Waals surface area contributed by atoms with Crippen LogP contribution < -0.4 is 10.6 Å². The summed E-state index contributed by atoms with van der Waals surface area (Å²) in [4.78, 5) is 11.6. The van der Waals surface area contributed by atoms with Crippen LogP contribution in [0.5, 0.6) is 0 Å².